The summed E-state index contributed by atoms with van der Waals surface area (Å²) in [6.45, 7) is 0. The Hall–Kier alpha value is 0.132. The van der Waals surface area contributed by atoms with Crippen LogP contribution in [0.1, 0.15) is 0 Å². The molecule has 0 aliphatic carbocycles. The minimum atomic E-state index is -0.685. The molecule has 0 spiro atoms. The van der Waals surface area contributed by atoms with E-state index >= 15 is 0 Å². The van der Waals surface area contributed by atoms with Crippen LogP contribution in [-0.2, 0) is 3.80 Å². The van der Waals surface area contributed by atoms with Crippen molar-refractivity contribution in [2.24, 2.45) is 0 Å². The van der Waals surface area contributed by atoms with E-state index in [0.29, 0.717) is 0 Å². The molecule has 0 aliphatic heterocycles. The topological polar surface area (TPSA) is 20.3 Å². The molecule has 0 rings (SSSR count). The molecule has 0 saturated heterocycles. The molecular formula is C2H6AlNO. The number of hydrogen-bond acceptors (Lipinski definition) is 1. The Morgan fingerprint density at radius 2 is 1.80 bits per heavy atom. The fourth-order valence-corrected chi connectivity index (χ4v) is 0. The third-order valence-electron chi connectivity index (χ3n) is 0.211. The van der Waals surface area contributed by atoms with E-state index in [9.17, 15) is 3.80 Å². The summed E-state index contributed by atoms with van der Waals surface area (Å²) in [6, 6.07) is 0. The van der Waals surface area contributed by atoms with E-state index in [1.54, 1.807) is 18.0 Å². The van der Waals surface area contributed by atoms with Crippen LogP contribution in [0.2, 0.25) is 0 Å². The minimum absolute atomic E-state index is 0.685. The fourth-order valence-electron chi connectivity index (χ4n) is 0. The third-order valence-corrected chi connectivity index (χ3v) is 0.632. The van der Waals surface area contributed by atoms with E-state index < -0.39 is 15.4 Å². The van der Waals surface area contributed by atoms with Crippen LogP contribution in [0.15, 0.2) is 0 Å². The summed E-state index contributed by atoms with van der Waals surface area (Å²) in [7, 11) is 3.56. The van der Waals surface area contributed by atoms with Gasteiger partial charge in [-0.3, -0.25) is 0 Å². The van der Waals surface area contributed by atoms with Crippen molar-refractivity contribution in [3.63, 3.8) is 0 Å². The summed E-state index contributed by atoms with van der Waals surface area (Å²) in [4.78, 5) is 0. The molecule has 28 valence electrons. The predicted molar refractivity (Wildman–Crippen MR) is 20.1 cm³/mol. The molecule has 0 saturated carbocycles. The van der Waals surface area contributed by atoms with Gasteiger partial charge in [0.25, 0.3) is 0 Å². The van der Waals surface area contributed by atoms with Gasteiger partial charge in [0.05, 0.1) is 0 Å². The summed E-state index contributed by atoms with van der Waals surface area (Å²) in [5.41, 5.74) is 0. The molecule has 5 heavy (non-hydrogen) atoms. The Bertz CT molecular complexity index is 36.6. The van der Waals surface area contributed by atoms with Crippen LogP contribution in [0.25, 0.3) is 0 Å². The van der Waals surface area contributed by atoms with Gasteiger partial charge in [-0.25, -0.2) is 0 Å². The van der Waals surface area contributed by atoms with Crippen molar-refractivity contribution in [1.82, 2.24) is 3.88 Å². The number of hydrogen-bond donors (Lipinski definition) is 0. The van der Waals surface area contributed by atoms with Crippen LogP contribution < -0.4 is 0 Å². The second-order valence-corrected chi connectivity index (χ2v) is 2.31. The van der Waals surface area contributed by atoms with Gasteiger partial charge in [-0.2, -0.15) is 0 Å². The zero-order valence-electron chi connectivity index (χ0n) is 3.43. The summed E-state index contributed by atoms with van der Waals surface area (Å²) < 4.78 is 11.3. The first kappa shape index (κ1) is 5.13. The molecule has 3 heteroatoms. The van der Waals surface area contributed by atoms with Crippen molar-refractivity contribution in [3.05, 3.63) is 0 Å². The van der Waals surface area contributed by atoms with Crippen LogP contribution >= 0.6 is 0 Å². The average Bonchev–Trinajstić information content (AvgIpc) is 1.38. The van der Waals surface area contributed by atoms with Crippen molar-refractivity contribution in [1.29, 1.82) is 0 Å². The summed E-state index contributed by atoms with van der Waals surface area (Å²) in [5, 5.41) is 0. The van der Waals surface area contributed by atoms with Gasteiger partial charge in [0.1, 0.15) is 0 Å². The summed E-state index contributed by atoms with van der Waals surface area (Å²) in [6.07, 6.45) is 0. The van der Waals surface area contributed by atoms with Crippen LogP contribution in [0.3, 0.4) is 0 Å². The van der Waals surface area contributed by atoms with Crippen molar-refractivity contribution in [2.45, 2.75) is 0 Å². The first-order valence-corrected chi connectivity index (χ1v) is 2.38. The zero-order chi connectivity index (χ0) is 4.28. The first-order valence-electron chi connectivity index (χ1n) is 1.39. The van der Waals surface area contributed by atoms with Crippen LogP contribution in [0.4, 0.5) is 0 Å². The maximum atomic E-state index is 9.64. The standard InChI is InChI=1S/C2H6N.Al.O/c1-3-2;;/h1-2H3;;/q-1;+1;. The van der Waals surface area contributed by atoms with Crippen molar-refractivity contribution >= 4 is 15.4 Å². The zero-order valence-corrected chi connectivity index (χ0v) is 4.59. The Morgan fingerprint density at radius 3 is 1.80 bits per heavy atom. The first-order chi connectivity index (χ1) is 2.27. The molecule has 0 aromatic heterocycles. The van der Waals surface area contributed by atoms with Crippen molar-refractivity contribution < 1.29 is 3.80 Å². The normalized spacial score (nSPS) is 6.00. The summed E-state index contributed by atoms with van der Waals surface area (Å²) >= 11 is -0.685. The van der Waals surface area contributed by atoms with Gasteiger partial charge in [0, 0.05) is 0 Å². The molecule has 0 radical (unpaired) electrons. The molecule has 0 bridgehead atoms. The van der Waals surface area contributed by atoms with E-state index in [2.05, 4.69) is 0 Å². The Labute approximate surface area is 37.9 Å². The Balaban J connectivity index is 2.83. The Morgan fingerprint density at radius 1 is 1.60 bits per heavy atom. The summed E-state index contributed by atoms with van der Waals surface area (Å²) in [5.74, 6) is 0. The second-order valence-electron chi connectivity index (χ2n) is 1.07. The number of nitrogens with zero attached hydrogens (tertiary/aromatic N) is 1. The van der Waals surface area contributed by atoms with Crippen LogP contribution in [0.5, 0.6) is 0 Å². The van der Waals surface area contributed by atoms with E-state index in [0.717, 1.165) is 0 Å². The predicted octanol–water partition coefficient (Wildman–Crippen LogP) is -0.487. The van der Waals surface area contributed by atoms with Gasteiger partial charge in [-0.05, 0) is 0 Å². The number of rotatable bonds is 1. The molecule has 0 N–H and O–H groups in total. The van der Waals surface area contributed by atoms with E-state index in [1.807, 2.05) is 0 Å². The molecular weight excluding hydrogens is 81.0 g/mol. The van der Waals surface area contributed by atoms with E-state index in [4.69, 9.17) is 0 Å². The van der Waals surface area contributed by atoms with Gasteiger partial charge < -0.3 is 0 Å². The van der Waals surface area contributed by atoms with Crippen molar-refractivity contribution in [2.75, 3.05) is 14.1 Å². The SMILES string of the molecule is C[N](C)[Al]=[O]. The molecule has 0 aromatic rings. The molecule has 2 nitrogen and oxygen atoms in total. The molecule has 0 unspecified atom stereocenters. The van der Waals surface area contributed by atoms with Crippen LogP contribution in [-0.4, -0.2) is 33.4 Å². The van der Waals surface area contributed by atoms with Gasteiger partial charge in [0.15, 0.2) is 0 Å². The monoisotopic (exact) mass is 87.0 g/mol. The molecule has 0 atom stereocenters. The Kier molecular flexibility index (Phi) is 2.44. The van der Waals surface area contributed by atoms with Gasteiger partial charge in [0.2, 0.25) is 0 Å². The third kappa shape index (κ3) is 4.13. The van der Waals surface area contributed by atoms with E-state index in [1.165, 1.54) is 0 Å². The quantitative estimate of drug-likeness (QED) is 0.402. The average molecular weight is 87.1 g/mol. The van der Waals surface area contributed by atoms with Crippen LogP contribution in [0, 0.1) is 0 Å². The van der Waals surface area contributed by atoms with Gasteiger partial charge >= 0.3 is 37.2 Å². The van der Waals surface area contributed by atoms with Gasteiger partial charge in [-0.15, -0.1) is 0 Å². The van der Waals surface area contributed by atoms with E-state index in [-0.39, 0.29) is 0 Å². The molecule has 0 aliphatic rings. The van der Waals surface area contributed by atoms with Crippen molar-refractivity contribution in [3.8, 4) is 0 Å². The fraction of sp³-hybridized carbons (Fsp3) is 1.00. The molecule has 0 heterocycles. The molecule has 0 fully saturated rings. The van der Waals surface area contributed by atoms with Gasteiger partial charge in [-0.1, -0.05) is 0 Å². The molecule has 0 amide bonds. The second kappa shape index (κ2) is 2.37. The molecule has 0 aromatic carbocycles. The maximum absolute atomic E-state index is 9.64.